The summed E-state index contributed by atoms with van der Waals surface area (Å²) in [7, 11) is 0. The van der Waals surface area contributed by atoms with Crippen molar-refractivity contribution in [2.24, 2.45) is 11.7 Å². The molecular formula is C16H24ClN5O. The summed E-state index contributed by atoms with van der Waals surface area (Å²) in [5.41, 5.74) is 6.87. The lowest BCUT2D eigenvalue weighted by atomic mass is 9.95. The van der Waals surface area contributed by atoms with Gasteiger partial charge in [-0.3, -0.25) is 9.20 Å². The standard InChI is InChI=1S/C16H23N5O.ClH/c1-11(2)14(17)16(22)20-8-5-6-12(10-20)15-19-18-13-7-3-4-9-21(13)15;/h3-4,7,9,11-12,14H,5-6,8,10,17H2,1-2H3;1H/t12?,14-;/m0./s1. The zero-order chi connectivity index (χ0) is 15.7. The molecular weight excluding hydrogens is 314 g/mol. The van der Waals surface area contributed by atoms with Gasteiger partial charge in [-0.15, -0.1) is 22.6 Å². The number of carbonyl (C=O) groups excluding carboxylic acids is 1. The molecule has 2 aromatic rings. The molecule has 0 saturated carbocycles. The number of piperidine rings is 1. The third-order valence-electron chi connectivity index (χ3n) is 4.44. The van der Waals surface area contributed by atoms with E-state index in [-0.39, 0.29) is 30.2 Å². The fourth-order valence-corrected chi connectivity index (χ4v) is 3.02. The summed E-state index contributed by atoms with van der Waals surface area (Å²) >= 11 is 0. The summed E-state index contributed by atoms with van der Waals surface area (Å²) in [6.45, 7) is 5.42. The maximum absolute atomic E-state index is 12.5. The van der Waals surface area contributed by atoms with Gasteiger partial charge in [-0.05, 0) is 30.9 Å². The van der Waals surface area contributed by atoms with E-state index in [2.05, 4.69) is 10.2 Å². The summed E-state index contributed by atoms with van der Waals surface area (Å²) in [6, 6.07) is 5.44. The summed E-state index contributed by atoms with van der Waals surface area (Å²) < 4.78 is 2.01. The number of carbonyl (C=O) groups is 1. The largest absolute Gasteiger partial charge is 0.341 e. The number of halogens is 1. The third kappa shape index (κ3) is 3.48. The van der Waals surface area contributed by atoms with E-state index in [0.29, 0.717) is 6.54 Å². The van der Waals surface area contributed by atoms with Crippen molar-refractivity contribution in [3.63, 3.8) is 0 Å². The number of hydrogen-bond acceptors (Lipinski definition) is 4. The van der Waals surface area contributed by atoms with Crippen LogP contribution in [0.4, 0.5) is 0 Å². The molecule has 0 radical (unpaired) electrons. The zero-order valence-electron chi connectivity index (χ0n) is 13.6. The summed E-state index contributed by atoms with van der Waals surface area (Å²) in [6.07, 6.45) is 3.98. The van der Waals surface area contributed by atoms with Crippen LogP contribution in [0, 0.1) is 5.92 Å². The Labute approximate surface area is 142 Å². The predicted molar refractivity (Wildman–Crippen MR) is 91.6 cm³/mol. The van der Waals surface area contributed by atoms with Gasteiger partial charge < -0.3 is 10.6 Å². The molecule has 0 aliphatic carbocycles. The number of nitrogens with zero attached hydrogens (tertiary/aromatic N) is 4. The molecule has 0 aromatic carbocycles. The SMILES string of the molecule is CC(C)[C@H](N)C(=O)N1CCCC(c2nnc3ccccn23)C1.Cl. The lowest BCUT2D eigenvalue weighted by molar-refractivity contribution is -0.134. The molecule has 2 N–H and O–H groups in total. The molecule has 6 nitrogen and oxygen atoms in total. The number of pyridine rings is 1. The third-order valence-corrected chi connectivity index (χ3v) is 4.44. The molecule has 7 heteroatoms. The highest BCUT2D eigenvalue weighted by molar-refractivity contribution is 5.85. The smallest absolute Gasteiger partial charge is 0.239 e. The quantitative estimate of drug-likeness (QED) is 0.927. The van der Waals surface area contributed by atoms with Crippen molar-refractivity contribution >= 4 is 24.0 Å². The van der Waals surface area contributed by atoms with Crippen molar-refractivity contribution in [2.75, 3.05) is 13.1 Å². The first-order valence-electron chi connectivity index (χ1n) is 7.92. The number of likely N-dealkylation sites (tertiary alicyclic amines) is 1. The van der Waals surface area contributed by atoms with Gasteiger partial charge in [-0.2, -0.15) is 0 Å². The lowest BCUT2D eigenvalue weighted by Crippen LogP contribution is -2.49. The van der Waals surface area contributed by atoms with Crippen LogP contribution >= 0.6 is 12.4 Å². The minimum Gasteiger partial charge on any atom is -0.341 e. The van der Waals surface area contributed by atoms with Crippen LogP contribution in [0.25, 0.3) is 5.65 Å². The van der Waals surface area contributed by atoms with E-state index in [1.807, 2.05) is 47.5 Å². The van der Waals surface area contributed by atoms with Gasteiger partial charge in [-0.25, -0.2) is 0 Å². The van der Waals surface area contributed by atoms with Crippen LogP contribution in [-0.4, -0.2) is 44.5 Å². The number of nitrogens with two attached hydrogens (primary N) is 1. The van der Waals surface area contributed by atoms with Crippen LogP contribution in [0.2, 0.25) is 0 Å². The van der Waals surface area contributed by atoms with Crippen LogP contribution in [0.1, 0.15) is 38.4 Å². The second kappa shape index (κ2) is 7.27. The molecule has 1 aliphatic heterocycles. The Morgan fingerprint density at radius 1 is 1.35 bits per heavy atom. The molecule has 1 fully saturated rings. The van der Waals surface area contributed by atoms with Crippen molar-refractivity contribution in [1.82, 2.24) is 19.5 Å². The Morgan fingerprint density at radius 2 is 2.13 bits per heavy atom. The van der Waals surface area contributed by atoms with Gasteiger partial charge in [-0.1, -0.05) is 19.9 Å². The van der Waals surface area contributed by atoms with E-state index >= 15 is 0 Å². The fraction of sp³-hybridized carbons (Fsp3) is 0.562. The second-order valence-electron chi connectivity index (χ2n) is 6.38. The molecule has 126 valence electrons. The van der Waals surface area contributed by atoms with Gasteiger partial charge in [0.05, 0.1) is 6.04 Å². The van der Waals surface area contributed by atoms with Gasteiger partial charge >= 0.3 is 0 Å². The van der Waals surface area contributed by atoms with Crippen molar-refractivity contribution in [3.8, 4) is 0 Å². The first-order chi connectivity index (χ1) is 10.6. The predicted octanol–water partition coefficient (Wildman–Crippen LogP) is 1.84. The fourth-order valence-electron chi connectivity index (χ4n) is 3.02. The average molecular weight is 338 g/mol. The Bertz CT molecular complexity index is 671. The Hall–Kier alpha value is -1.66. The second-order valence-corrected chi connectivity index (χ2v) is 6.38. The number of aromatic nitrogens is 3. The van der Waals surface area contributed by atoms with Gasteiger partial charge in [0.1, 0.15) is 5.82 Å². The number of hydrogen-bond donors (Lipinski definition) is 1. The molecule has 3 heterocycles. The zero-order valence-corrected chi connectivity index (χ0v) is 14.4. The molecule has 0 bridgehead atoms. The lowest BCUT2D eigenvalue weighted by Gasteiger charge is -2.34. The first-order valence-corrected chi connectivity index (χ1v) is 7.92. The van der Waals surface area contributed by atoms with Crippen LogP contribution in [0.15, 0.2) is 24.4 Å². The van der Waals surface area contributed by atoms with E-state index in [9.17, 15) is 4.79 Å². The van der Waals surface area contributed by atoms with Crippen LogP contribution in [0.5, 0.6) is 0 Å². The molecule has 3 rings (SSSR count). The number of fused-ring (bicyclic) bond motifs is 1. The molecule has 23 heavy (non-hydrogen) atoms. The summed E-state index contributed by atoms with van der Waals surface area (Å²) in [4.78, 5) is 14.4. The Kier molecular flexibility index (Phi) is 5.59. The molecule has 1 amide bonds. The maximum atomic E-state index is 12.5. The average Bonchev–Trinajstić information content (AvgIpc) is 2.97. The van der Waals surface area contributed by atoms with E-state index in [0.717, 1.165) is 30.9 Å². The summed E-state index contributed by atoms with van der Waals surface area (Å²) in [5, 5.41) is 8.55. The molecule has 2 aromatic heterocycles. The van der Waals surface area contributed by atoms with Gasteiger partial charge in [0, 0.05) is 25.2 Å². The highest BCUT2D eigenvalue weighted by Crippen LogP contribution is 2.26. The van der Waals surface area contributed by atoms with Crippen LogP contribution in [-0.2, 0) is 4.79 Å². The van der Waals surface area contributed by atoms with Crippen molar-refractivity contribution < 1.29 is 4.79 Å². The minimum atomic E-state index is -0.422. The highest BCUT2D eigenvalue weighted by atomic mass is 35.5. The van der Waals surface area contributed by atoms with Crippen molar-refractivity contribution in [1.29, 1.82) is 0 Å². The van der Waals surface area contributed by atoms with Gasteiger partial charge in [0.15, 0.2) is 5.65 Å². The number of amides is 1. The van der Waals surface area contributed by atoms with Crippen molar-refractivity contribution in [2.45, 2.75) is 38.6 Å². The first kappa shape index (κ1) is 17.7. The molecule has 1 saturated heterocycles. The Balaban J connectivity index is 0.00000192. The van der Waals surface area contributed by atoms with E-state index < -0.39 is 6.04 Å². The molecule has 0 spiro atoms. The van der Waals surface area contributed by atoms with E-state index in [1.165, 1.54) is 0 Å². The molecule has 1 unspecified atom stereocenters. The number of rotatable bonds is 3. The van der Waals surface area contributed by atoms with Crippen molar-refractivity contribution in [3.05, 3.63) is 30.2 Å². The molecule has 1 aliphatic rings. The van der Waals surface area contributed by atoms with E-state index in [4.69, 9.17) is 5.73 Å². The van der Waals surface area contributed by atoms with Gasteiger partial charge in [0.2, 0.25) is 5.91 Å². The van der Waals surface area contributed by atoms with Gasteiger partial charge in [0.25, 0.3) is 0 Å². The maximum Gasteiger partial charge on any atom is 0.239 e. The monoisotopic (exact) mass is 337 g/mol. The highest BCUT2D eigenvalue weighted by Gasteiger charge is 2.30. The Morgan fingerprint density at radius 3 is 2.87 bits per heavy atom. The van der Waals surface area contributed by atoms with Crippen LogP contribution < -0.4 is 5.73 Å². The topological polar surface area (TPSA) is 76.5 Å². The van der Waals surface area contributed by atoms with E-state index in [1.54, 1.807) is 0 Å². The van der Waals surface area contributed by atoms with Crippen LogP contribution in [0.3, 0.4) is 0 Å². The molecule has 2 atom stereocenters. The summed E-state index contributed by atoms with van der Waals surface area (Å²) in [5.74, 6) is 1.36. The normalized spacial score (nSPS) is 19.7. The minimum absolute atomic E-state index is 0.